The Morgan fingerprint density at radius 1 is 1.26 bits per heavy atom. The largest absolute Gasteiger partial charge is 0.511 e. The monoisotopic (exact) mass is 481 g/mol. The van der Waals surface area contributed by atoms with Gasteiger partial charge in [0, 0.05) is 25.4 Å². The standard InChI is InChI=1S/C24H32BN5O5/c1-3-16(2)21(29-20-15-26-11-12-27-20)22(31)28-18(14-17-8-5-4-6-9-17)23(32)30-13-7-10-19(30)24(33)35-25-34/h4-6,8-9,11-12,15-16,18-19,21,25,34H,3,7,10,13-14H2,1-2H3,(H,27,29)(H,28,31)/t16-,18-,19-,21-/m0/s1. The number of anilines is 1. The summed E-state index contributed by atoms with van der Waals surface area (Å²) >= 11 is 0. The summed E-state index contributed by atoms with van der Waals surface area (Å²) < 4.78 is 4.75. The number of carbonyl (C=O) groups is 3. The summed E-state index contributed by atoms with van der Waals surface area (Å²) in [5, 5.41) is 15.0. The number of likely N-dealkylation sites (tertiary alicyclic amines) is 1. The van der Waals surface area contributed by atoms with Crippen LogP contribution >= 0.6 is 0 Å². The number of nitrogens with zero attached hydrogens (tertiary/aromatic N) is 3. The average Bonchev–Trinajstić information content (AvgIpc) is 3.37. The number of rotatable bonds is 11. The third-order valence-corrected chi connectivity index (χ3v) is 6.27. The van der Waals surface area contributed by atoms with E-state index in [4.69, 9.17) is 9.68 Å². The molecule has 1 saturated heterocycles. The van der Waals surface area contributed by atoms with E-state index in [1.165, 1.54) is 17.3 Å². The Morgan fingerprint density at radius 3 is 2.69 bits per heavy atom. The van der Waals surface area contributed by atoms with Crippen molar-refractivity contribution < 1.29 is 24.1 Å². The van der Waals surface area contributed by atoms with E-state index in [2.05, 4.69) is 20.6 Å². The number of amides is 2. The number of carbonyl (C=O) groups excluding carboxylic acids is 3. The summed E-state index contributed by atoms with van der Waals surface area (Å²) in [6.07, 6.45) is 6.69. The average molecular weight is 481 g/mol. The molecule has 10 nitrogen and oxygen atoms in total. The van der Waals surface area contributed by atoms with Crippen molar-refractivity contribution in [1.29, 1.82) is 0 Å². The highest BCUT2D eigenvalue weighted by atomic mass is 16.6. The van der Waals surface area contributed by atoms with Crippen LogP contribution in [-0.2, 0) is 25.5 Å². The first-order chi connectivity index (χ1) is 16.9. The molecule has 1 aromatic heterocycles. The van der Waals surface area contributed by atoms with Crippen LogP contribution in [0.4, 0.5) is 5.82 Å². The molecule has 2 amide bonds. The molecule has 1 aliphatic rings. The molecule has 1 aliphatic heterocycles. The highest BCUT2D eigenvalue weighted by Crippen LogP contribution is 2.21. The summed E-state index contributed by atoms with van der Waals surface area (Å²) in [7, 11) is -0.744. The second-order valence-corrected chi connectivity index (χ2v) is 8.63. The van der Waals surface area contributed by atoms with E-state index in [1.807, 2.05) is 44.2 Å². The van der Waals surface area contributed by atoms with E-state index < -0.39 is 31.8 Å². The summed E-state index contributed by atoms with van der Waals surface area (Å²) in [5.41, 5.74) is 0.877. The van der Waals surface area contributed by atoms with Crippen LogP contribution in [0.15, 0.2) is 48.9 Å². The fraction of sp³-hybridized carbons (Fsp3) is 0.458. The highest BCUT2D eigenvalue weighted by molar-refractivity contribution is 6.21. The normalized spacial score (nSPS) is 17.7. The van der Waals surface area contributed by atoms with Gasteiger partial charge >= 0.3 is 13.7 Å². The SMILES string of the molecule is CC[C@H](C)[C@H](Nc1cnccn1)C(=O)N[C@@H](Cc1ccccc1)C(=O)N1CCC[C@H]1C(=O)OBO. The molecule has 11 heteroatoms. The predicted octanol–water partition coefficient (Wildman–Crippen LogP) is 0.824. The van der Waals surface area contributed by atoms with E-state index in [0.717, 1.165) is 12.0 Å². The Morgan fingerprint density at radius 2 is 2.03 bits per heavy atom. The fourth-order valence-corrected chi connectivity index (χ4v) is 4.18. The molecule has 0 bridgehead atoms. The van der Waals surface area contributed by atoms with E-state index in [9.17, 15) is 14.4 Å². The van der Waals surface area contributed by atoms with Crippen molar-refractivity contribution in [1.82, 2.24) is 20.2 Å². The molecule has 0 radical (unpaired) electrons. The van der Waals surface area contributed by atoms with E-state index >= 15 is 0 Å². The zero-order chi connectivity index (χ0) is 25.2. The maximum absolute atomic E-state index is 13.6. The smallest absolute Gasteiger partial charge is 0.506 e. The van der Waals surface area contributed by atoms with Crippen LogP contribution in [0.1, 0.15) is 38.7 Å². The first kappa shape index (κ1) is 26.1. The zero-order valence-electron chi connectivity index (χ0n) is 20.1. The van der Waals surface area contributed by atoms with Crippen molar-refractivity contribution in [2.75, 3.05) is 11.9 Å². The Bertz CT molecular complexity index is 981. The third-order valence-electron chi connectivity index (χ3n) is 6.27. The Kier molecular flexibility index (Phi) is 9.60. The molecule has 0 unspecified atom stereocenters. The van der Waals surface area contributed by atoms with Crippen molar-refractivity contribution in [2.45, 2.75) is 57.7 Å². The number of hydrogen-bond donors (Lipinski definition) is 3. The lowest BCUT2D eigenvalue weighted by Gasteiger charge is -2.30. The molecule has 1 fully saturated rings. The van der Waals surface area contributed by atoms with Crippen LogP contribution in [-0.4, -0.2) is 70.0 Å². The number of benzene rings is 1. The summed E-state index contributed by atoms with van der Waals surface area (Å²) in [4.78, 5) is 49.1. The highest BCUT2D eigenvalue weighted by Gasteiger charge is 2.39. The van der Waals surface area contributed by atoms with Gasteiger partial charge in [0.2, 0.25) is 11.8 Å². The van der Waals surface area contributed by atoms with E-state index in [0.29, 0.717) is 25.2 Å². The molecule has 3 rings (SSSR count). The molecule has 2 aromatic rings. The first-order valence-electron chi connectivity index (χ1n) is 11.9. The third kappa shape index (κ3) is 7.01. The van der Waals surface area contributed by atoms with Crippen molar-refractivity contribution in [2.24, 2.45) is 5.92 Å². The van der Waals surface area contributed by atoms with Crippen LogP contribution < -0.4 is 10.6 Å². The first-order valence-corrected chi connectivity index (χ1v) is 11.9. The van der Waals surface area contributed by atoms with Gasteiger partial charge in [-0.15, -0.1) is 0 Å². The zero-order valence-corrected chi connectivity index (χ0v) is 20.1. The van der Waals surface area contributed by atoms with E-state index in [1.54, 1.807) is 6.20 Å². The van der Waals surface area contributed by atoms with Crippen molar-refractivity contribution in [3.8, 4) is 0 Å². The van der Waals surface area contributed by atoms with Gasteiger partial charge in [-0.25, -0.2) is 4.98 Å². The van der Waals surface area contributed by atoms with Crippen LogP contribution in [0.25, 0.3) is 0 Å². The molecule has 1 aromatic carbocycles. The Hall–Kier alpha value is -3.47. The lowest BCUT2D eigenvalue weighted by Crippen LogP contribution is -2.56. The van der Waals surface area contributed by atoms with Gasteiger partial charge in [0.1, 0.15) is 23.9 Å². The molecule has 35 heavy (non-hydrogen) atoms. The van der Waals surface area contributed by atoms with Gasteiger partial charge in [-0.05, 0) is 24.3 Å². The minimum Gasteiger partial charge on any atom is -0.511 e. The van der Waals surface area contributed by atoms with Crippen LogP contribution in [0.3, 0.4) is 0 Å². The predicted molar refractivity (Wildman–Crippen MR) is 131 cm³/mol. The molecule has 2 heterocycles. The second kappa shape index (κ2) is 12.8. The maximum atomic E-state index is 13.6. The fourth-order valence-electron chi connectivity index (χ4n) is 4.18. The minimum atomic E-state index is -0.886. The van der Waals surface area contributed by atoms with Crippen LogP contribution in [0, 0.1) is 5.92 Å². The van der Waals surface area contributed by atoms with Crippen molar-refractivity contribution in [3.05, 3.63) is 54.5 Å². The minimum absolute atomic E-state index is 0.0523. The number of hydrogen-bond acceptors (Lipinski definition) is 8. The lowest BCUT2D eigenvalue weighted by atomic mass is 9.97. The maximum Gasteiger partial charge on any atom is 0.506 e. The van der Waals surface area contributed by atoms with Crippen molar-refractivity contribution in [3.63, 3.8) is 0 Å². The summed E-state index contributed by atoms with van der Waals surface area (Å²) in [6.45, 7) is 4.30. The van der Waals surface area contributed by atoms with Gasteiger partial charge < -0.3 is 25.2 Å². The van der Waals surface area contributed by atoms with Gasteiger partial charge in [0.15, 0.2) is 0 Å². The topological polar surface area (TPSA) is 134 Å². The molecule has 186 valence electrons. The molecule has 0 aliphatic carbocycles. The molecule has 3 N–H and O–H groups in total. The lowest BCUT2D eigenvalue weighted by molar-refractivity contribution is -0.148. The van der Waals surface area contributed by atoms with Gasteiger partial charge in [-0.2, -0.15) is 0 Å². The van der Waals surface area contributed by atoms with Gasteiger partial charge in [-0.3, -0.25) is 19.4 Å². The van der Waals surface area contributed by atoms with Gasteiger partial charge in [-0.1, -0.05) is 50.6 Å². The molecule has 0 saturated carbocycles. The van der Waals surface area contributed by atoms with Crippen molar-refractivity contribution >= 4 is 31.3 Å². The quantitative estimate of drug-likeness (QED) is 0.402. The van der Waals surface area contributed by atoms with Crippen LogP contribution in [0.2, 0.25) is 0 Å². The molecule has 0 spiro atoms. The van der Waals surface area contributed by atoms with Crippen LogP contribution in [0.5, 0.6) is 0 Å². The summed E-state index contributed by atoms with van der Waals surface area (Å²) in [5.74, 6) is -0.936. The number of aromatic nitrogens is 2. The van der Waals surface area contributed by atoms with E-state index in [-0.39, 0.29) is 24.2 Å². The Balaban J connectivity index is 1.83. The molecule has 4 atom stereocenters. The molecular weight excluding hydrogens is 449 g/mol. The van der Waals surface area contributed by atoms with Gasteiger partial charge in [0.25, 0.3) is 0 Å². The Labute approximate surface area is 205 Å². The van der Waals surface area contributed by atoms with Gasteiger partial charge in [0.05, 0.1) is 6.20 Å². The summed E-state index contributed by atoms with van der Waals surface area (Å²) in [6, 6.07) is 7.08. The molecular formula is C24H32BN5O5. The number of nitrogens with one attached hydrogen (secondary N) is 2. The second-order valence-electron chi connectivity index (χ2n) is 8.63.